The number of ether oxygens (including phenoxy) is 1. The van der Waals surface area contributed by atoms with Crippen LogP contribution in [0.25, 0.3) is 0 Å². The Morgan fingerprint density at radius 3 is 2.23 bits per heavy atom. The number of fused-ring (bicyclic) bond motifs is 1. The third-order valence-electron chi connectivity index (χ3n) is 9.08. The molecule has 3 heterocycles. The number of amides is 3. The second kappa shape index (κ2) is 12.1. The Morgan fingerprint density at radius 2 is 1.50 bits per heavy atom. The molecule has 3 aliphatic heterocycles. The molecule has 7 rings (SSSR count). The maximum atomic E-state index is 12.2. The molecular formula is C36H36N4O4. The quantitative estimate of drug-likeness (QED) is 0.311. The predicted octanol–water partition coefficient (Wildman–Crippen LogP) is 5.47. The highest BCUT2D eigenvalue weighted by Gasteiger charge is 2.34. The van der Waals surface area contributed by atoms with Gasteiger partial charge in [-0.1, -0.05) is 60.7 Å². The fourth-order valence-corrected chi connectivity index (χ4v) is 6.70. The van der Waals surface area contributed by atoms with Crippen LogP contribution >= 0.6 is 0 Å². The Bertz CT molecular complexity index is 1630. The molecule has 224 valence electrons. The number of rotatable bonds is 6. The molecular weight excluding hydrogens is 552 g/mol. The molecule has 0 aromatic heterocycles. The summed E-state index contributed by atoms with van der Waals surface area (Å²) in [5.41, 5.74) is 6.84. The Labute approximate surface area is 257 Å². The number of benzene rings is 4. The summed E-state index contributed by atoms with van der Waals surface area (Å²) in [5.74, 6) is 1.06. The van der Waals surface area contributed by atoms with Crippen LogP contribution in [0.2, 0.25) is 0 Å². The Balaban J connectivity index is 1.00. The van der Waals surface area contributed by atoms with E-state index in [1.165, 1.54) is 22.4 Å². The number of imide groups is 1. The van der Waals surface area contributed by atoms with Gasteiger partial charge in [-0.25, -0.2) is 4.79 Å². The Hall–Kier alpha value is -4.82. The number of carbonyl (C=O) groups excluding carboxylic acids is 2. The lowest BCUT2D eigenvalue weighted by molar-refractivity contribution is -0.120. The van der Waals surface area contributed by atoms with Crippen molar-refractivity contribution in [2.45, 2.75) is 24.8 Å². The van der Waals surface area contributed by atoms with E-state index >= 15 is 0 Å². The van der Waals surface area contributed by atoms with Crippen LogP contribution in [0.3, 0.4) is 0 Å². The highest BCUT2D eigenvalue weighted by molar-refractivity contribution is 6.05. The standard InChI is InChI=1S/C36H36N4O4/c41-30-14-15-31-33(22-30)44-24-32(26-4-2-1-3-5-26)35(31)27-8-12-28(13-9-27)39-20-18-38(19-21-39)23-25-6-10-29(11-7-25)40-17-16-34(42)37-36(40)43/h1-15,22,32,35,41H,16-21,23-24H2,(H,37,42,43)/t32-,35-/m1/s1. The van der Waals surface area contributed by atoms with Crippen molar-refractivity contribution < 1.29 is 19.4 Å². The van der Waals surface area contributed by atoms with Gasteiger partial charge in [-0.15, -0.1) is 0 Å². The van der Waals surface area contributed by atoms with Crippen LogP contribution in [0, 0.1) is 0 Å². The van der Waals surface area contributed by atoms with Crippen LogP contribution in [0.4, 0.5) is 16.2 Å². The number of urea groups is 1. The molecule has 0 radical (unpaired) electrons. The molecule has 0 spiro atoms. The zero-order valence-electron chi connectivity index (χ0n) is 24.6. The van der Waals surface area contributed by atoms with E-state index in [-0.39, 0.29) is 29.5 Å². The largest absolute Gasteiger partial charge is 0.508 e. The number of hydrogen-bond donors (Lipinski definition) is 2. The summed E-state index contributed by atoms with van der Waals surface area (Å²) in [6.07, 6.45) is 0.323. The zero-order chi connectivity index (χ0) is 30.0. The third-order valence-corrected chi connectivity index (χ3v) is 9.08. The molecule has 0 unspecified atom stereocenters. The first-order valence-electron chi connectivity index (χ1n) is 15.3. The monoisotopic (exact) mass is 588 g/mol. The smallest absolute Gasteiger partial charge is 0.328 e. The van der Waals surface area contributed by atoms with Crippen molar-refractivity contribution in [1.82, 2.24) is 10.2 Å². The number of nitrogens with zero attached hydrogens (tertiary/aromatic N) is 3. The normalized spacial score (nSPS) is 20.5. The van der Waals surface area contributed by atoms with E-state index in [0.717, 1.165) is 49.7 Å². The summed E-state index contributed by atoms with van der Waals surface area (Å²) in [7, 11) is 0. The second-order valence-electron chi connectivity index (χ2n) is 11.8. The Morgan fingerprint density at radius 1 is 0.773 bits per heavy atom. The summed E-state index contributed by atoms with van der Waals surface area (Å²) in [4.78, 5) is 30.1. The van der Waals surface area contributed by atoms with Crippen molar-refractivity contribution in [2.24, 2.45) is 0 Å². The number of nitrogens with one attached hydrogen (secondary N) is 1. The molecule has 2 N–H and O–H groups in total. The number of carbonyl (C=O) groups is 2. The summed E-state index contributed by atoms with van der Waals surface area (Å²) in [6, 6.07) is 32.7. The van der Waals surface area contributed by atoms with Gasteiger partial charge in [-0.3, -0.25) is 19.9 Å². The average molecular weight is 589 g/mol. The fourth-order valence-electron chi connectivity index (χ4n) is 6.70. The van der Waals surface area contributed by atoms with Gasteiger partial charge in [-0.2, -0.15) is 0 Å². The molecule has 2 fully saturated rings. The van der Waals surface area contributed by atoms with Gasteiger partial charge in [0.15, 0.2) is 0 Å². The molecule has 0 aliphatic carbocycles. The van der Waals surface area contributed by atoms with Crippen molar-refractivity contribution in [3.63, 3.8) is 0 Å². The molecule has 8 nitrogen and oxygen atoms in total. The summed E-state index contributed by atoms with van der Waals surface area (Å²) < 4.78 is 6.13. The maximum absolute atomic E-state index is 12.2. The van der Waals surface area contributed by atoms with Crippen LogP contribution in [-0.2, 0) is 11.3 Å². The molecule has 2 saturated heterocycles. The lowest BCUT2D eigenvalue weighted by Crippen LogP contribution is -2.49. The summed E-state index contributed by atoms with van der Waals surface area (Å²) in [6.45, 7) is 5.66. The highest BCUT2D eigenvalue weighted by atomic mass is 16.5. The van der Waals surface area contributed by atoms with E-state index in [4.69, 9.17) is 4.74 Å². The van der Waals surface area contributed by atoms with Crippen molar-refractivity contribution in [1.29, 1.82) is 0 Å². The lowest BCUT2D eigenvalue weighted by Gasteiger charge is -2.37. The van der Waals surface area contributed by atoms with Gasteiger partial charge in [0.05, 0.1) is 6.61 Å². The van der Waals surface area contributed by atoms with E-state index in [1.54, 1.807) is 17.0 Å². The first kappa shape index (κ1) is 28.0. The predicted molar refractivity (Wildman–Crippen MR) is 171 cm³/mol. The number of hydrogen-bond acceptors (Lipinski definition) is 6. The van der Waals surface area contributed by atoms with Gasteiger partial charge in [-0.05, 0) is 47.0 Å². The van der Waals surface area contributed by atoms with Crippen LogP contribution in [0.1, 0.15) is 40.5 Å². The number of piperazine rings is 1. The number of phenols is 1. The van der Waals surface area contributed by atoms with Crippen LogP contribution in [-0.4, -0.2) is 61.3 Å². The van der Waals surface area contributed by atoms with E-state index in [2.05, 4.69) is 75.8 Å². The minimum absolute atomic E-state index is 0.130. The fraction of sp³-hybridized carbons (Fsp3) is 0.278. The van der Waals surface area contributed by atoms with E-state index in [9.17, 15) is 14.7 Å². The number of phenolic OH excluding ortho intramolecular Hbond substituents is 1. The molecule has 2 atom stereocenters. The third kappa shape index (κ3) is 5.73. The van der Waals surface area contributed by atoms with Crippen LogP contribution in [0.5, 0.6) is 11.5 Å². The van der Waals surface area contributed by atoms with E-state index in [0.29, 0.717) is 19.6 Å². The number of anilines is 2. The average Bonchev–Trinajstić information content (AvgIpc) is 3.05. The molecule has 4 aromatic carbocycles. The van der Waals surface area contributed by atoms with Gasteiger partial charge in [0, 0.05) is 80.5 Å². The highest BCUT2D eigenvalue weighted by Crippen LogP contribution is 2.47. The van der Waals surface area contributed by atoms with E-state index < -0.39 is 0 Å². The van der Waals surface area contributed by atoms with Gasteiger partial charge in [0.2, 0.25) is 5.91 Å². The lowest BCUT2D eigenvalue weighted by atomic mass is 9.76. The first-order valence-corrected chi connectivity index (χ1v) is 15.3. The second-order valence-corrected chi connectivity index (χ2v) is 11.8. The van der Waals surface area contributed by atoms with Crippen molar-refractivity contribution in [3.05, 3.63) is 119 Å². The molecule has 3 amide bonds. The maximum Gasteiger partial charge on any atom is 0.328 e. The molecule has 8 heteroatoms. The zero-order valence-corrected chi connectivity index (χ0v) is 24.6. The van der Waals surface area contributed by atoms with E-state index in [1.807, 2.05) is 24.3 Å². The topological polar surface area (TPSA) is 85.4 Å². The number of aromatic hydroxyl groups is 1. The van der Waals surface area contributed by atoms with Gasteiger partial charge in [0.25, 0.3) is 0 Å². The Kier molecular flexibility index (Phi) is 7.66. The van der Waals surface area contributed by atoms with Crippen LogP contribution < -0.4 is 19.9 Å². The van der Waals surface area contributed by atoms with Gasteiger partial charge >= 0.3 is 6.03 Å². The summed E-state index contributed by atoms with van der Waals surface area (Å²) in [5, 5.41) is 12.5. The molecule has 4 aromatic rings. The van der Waals surface area contributed by atoms with Crippen molar-refractivity contribution in [3.8, 4) is 11.5 Å². The molecule has 0 saturated carbocycles. The minimum Gasteiger partial charge on any atom is -0.508 e. The van der Waals surface area contributed by atoms with Gasteiger partial charge < -0.3 is 14.7 Å². The first-order chi connectivity index (χ1) is 21.5. The summed E-state index contributed by atoms with van der Waals surface area (Å²) >= 11 is 0. The SMILES string of the molecule is O=C1CCN(c2ccc(CN3CCN(c4ccc([C@@H]5c6ccc(O)cc6OC[C@@H]5c5ccccc5)cc4)CC3)cc2)C(=O)N1. The molecule has 44 heavy (non-hydrogen) atoms. The van der Waals surface area contributed by atoms with Crippen LogP contribution in [0.15, 0.2) is 97.1 Å². The minimum atomic E-state index is -0.355. The molecule has 3 aliphatic rings. The van der Waals surface area contributed by atoms with Crippen molar-refractivity contribution in [2.75, 3.05) is 49.1 Å². The molecule has 0 bridgehead atoms. The van der Waals surface area contributed by atoms with Crippen molar-refractivity contribution >= 4 is 23.3 Å². The van der Waals surface area contributed by atoms with Gasteiger partial charge in [0.1, 0.15) is 11.5 Å².